The number of nitrogens with zero attached hydrogens (tertiary/aromatic N) is 6. The van der Waals surface area contributed by atoms with Gasteiger partial charge in [0, 0.05) is 19.4 Å². The van der Waals surface area contributed by atoms with Crippen LogP contribution >= 0.6 is 11.3 Å². The van der Waals surface area contributed by atoms with Crippen LogP contribution in [0.3, 0.4) is 0 Å². The zero-order valence-corrected chi connectivity index (χ0v) is 13.7. The van der Waals surface area contributed by atoms with Gasteiger partial charge in [-0.3, -0.25) is 4.79 Å². The number of carbonyl (C=O) groups excluding carboxylic acids is 1. The van der Waals surface area contributed by atoms with E-state index in [1.54, 1.807) is 36.3 Å². The maximum atomic E-state index is 12.5. The Kier molecular flexibility index (Phi) is 4.11. The molecule has 3 aromatic heterocycles. The Labute approximate surface area is 136 Å². The van der Waals surface area contributed by atoms with Crippen molar-refractivity contribution in [3.8, 4) is 10.8 Å². The molecule has 3 rings (SSSR count). The minimum Gasteiger partial charge on any atom is -0.342 e. The second-order valence-electron chi connectivity index (χ2n) is 5.00. The molecule has 3 heterocycles. The van der Waals surface area contributed by atoms with E-state index < -0.39 is 0 Å². The Morgan fingerprint density at radius 2 is 2.09 bits per heavy atom. The number of amides is 1. The summed E-state index contributed by atoms with van der Waals surface area (Å²) in [4.78, 5) is 25.7. The van der Waals surface area contributed by atoms with Crippen LogP contribution in [-0.4, -0.2) is 35.6 Å². The fourth-order valence-corrected chi connectivity index (χ4v) is 3.04. The molecule has 0 fully saturated rings. The monoisotopic (exact) mass is 329 g/mol. The van der Waals surface area contributed by atoms with Crippen molar-refractivity contribution in [1.29, 1.82) is 0 Å². The predicted octanol–water partition coefficient (Wildman–Crippen LogP) is 1.53. The van der Waals surface area contributed by atoms with Gasteiger partial charge in [-0.1, -0.05) is 0 Å². The van der Waals surface area contributed by atoms with Crippen LogP contribution in [-0.2, 0) is 7.05 Å². The molecule has 0 saturated carbocycles. The number of hydrogen-bond donors (Lipinski definition) is 1. The zero-order chi connectivity index (χ0) is 16.4. The maximum Gasteiger partial charge on any atom is 0.263 e. The van der Waals surface area contributed by atoms with Gasteiger partial charge in [0.2, 0.25) is 0 Å². The van der Waals surface area contributed by atoms with E-state index in [0.717, 1.165) is 0 Å². The molecule has 0 radical (unpaired) electrons. The number of nitrogens with one attached hydrogen (secondary N) is 1. The molecular formula is C14H15N7OS. The molecule has 0 unspecified atom stereocenters. The second-order valence-corrected chi connectivity index (χ2v) is 6.00. The van der Waals surface area contributed by atoms with E-state index in [-0.39, 0.29) is 11.9 Å². The first-order valence-electron chi connectivity index (χ1n) is 6.96. The van der Waals surface area contributed by atoms with Crippen LogP contribution in [0.5, 0.6) is 0 Å². The van der Waals surface area contributed by atoms with Gasteiger partial charge in [-0.05, 0) is 19.9 Å². The molecule has 9 heteroatoms. The molecule has 0 saturated heterocycles. The third-order valence-corrected chi connectivity index (χ3v) is 4.39. The fraction of sp³-hybridized carbons (Fsp3) is 0.286. The summed E-state index contributed by atoms with van der Waals surface area (Å²) in [5.74, 6) is 1.01. The molecular weight excluding hydrogens is 314 g/mol. The summed E-state index contributed by atoms with van der Waals surface area (Å²) in [6.07, 6.45) is 4.89. The van der Waals surface area contributed by atoms with Gasteiger partial charge in [0.05, 0.1) is 11.7 Å². The van der Waals surface area contributed by atoms with Crippen molar-refractivity contribution in [3.63, 3.8) is 0 Å². The molecule has 1 atom stereocenters. The van der Waals surface area contributed by atoms with Crippen LogP contribution in [0.1, 0.15) is 34.2 Å². The van der Waals surface area contributed by atoms with E-state index in [2.05, 4.69) is 30.5 Å². The molecule has 0 aliphatic heterocycles. The molecule has 8 nitrogen and oxygen atoms in total. The van der Waals surface area contributed by atoms with Gasteiger partial charge in [-0.25, -0.2) is 15.0 Å². The van der Waals surface area contributed by atoms with Crippen molar-refractivity contribution < 1.29 is 4.79 Å². The molecule has 1 amide bonds. The summed E-state index contributed by atoms with van der Waals surface area (Å²) < 4.78 is 1.77. The minimum atomic E-state index is -0.257. The van der Waals surface area contributed by atoms with E-state index in [1.807, 2.05) is 14.0 Å². The average Bonchev–Trinajstić information content (AvgIpc) is 3.14. The van der Waals surface area contributed by atoms with Crippen molar-refractivity contribution >= 4 is 17.2 Å². The lowest BCUT2D eigenvalue weighted by Crippen LogP contribution is -2.28. The van der Waals surface area contributed by atoms with Crippen LogP contribution < -0.4 is 5.32 Å². The van der Waals surface area contributed by atoms with Crippen LogP contribution in [0.2, 0.25) is 0 Å². The van der Waals surface area contributed by atoms with Gasteiger partial charge in [-0.2, -0.15) is 0 Å². The first kappa shape index (κ1) is 15.2. The van der Waals surface area contributed by atoms with Crippen molar-refractivity contribution in [3.05, 3.63) is 41.2 Å². The van der Waals surface area contributed by atoms with Gasteiger partial charge < -0.3 is 9.88 Å². The topological polar surface area (TPSA) is 98.5 Å². The first-order valence-corrected chi connectivity index (χ1v) is 7.77. The highest BCUT2D eigenvalue weighted by Crippen LogP contribution is 2.25. The maximum absolute atomic E-state index is 12.5. The van der Waals surface area contributed by atoms with E-state index in [0.29, 0.717) is 27.2 Å². The standard InChI is InChI=1S/C14H15N7OS/c1-8-10(23-14(19-8)11-15-5-4-6-16-11)13(22)18-9(2)12-20-17-7-21(12)3/h4-7,9H,1-3H3,(H,18,22)/t9-/m0/s1. The first-order chi connectivity index (χ1) is 11.1. The Balaban J connectivity index is 1.80. The minimum absolute atomic E-state index is 0.197. The third kappa shape index (κ3) is 3.09. The second kappa shape index (κ2) is 6.21. The average molecular weight is 329 g/mol. The quantitative estimate of drug-likeness (QED) is 0.779. The summed E-state index contributed by atoms with van der Waals surface area (Å²) in [6, 6.07) is 1.48. The van der Waals surface area contributed by atoms with Gasteiger partial charge in [0.1, 0.15) is 11.2 Å². The van der Waals surface area contributed by atoms with Gasteiger partial charge in [0.15, 0.2) is 16.7 Å². The van der Waals surface area contributed by atoms with Crippen molar-refractivity contribution in [1.82, 2.24) is 35.0 Å². The molecule has 23 heavy (non-hydrogen) atoms. The molecule has 0 aromatic carbocycles. The molecule has 0 bridgehead atoms. The lowest BCUT2D eigenvalue weighted by Gasteiger charge is -2.12. The van der Waals surface area contributed by atoms with Crippen molar-refractivity contribution in [2.45, 2.75) is 19.9 Å². The Bertz CT molecular complexity index is 827. The van der Waals surface area contributed by atoms with E-state index in [4.69, 9.17) is 0 Å². The summed E-state index contributed by atoms with van der Waals surface area (Å²) in [5.41, 5.74) is 0.653. The van der Waals surface area contributed by atoms with Gasteiger partial charge >= 0.3 is 0 Å². The lowest BCUT2D eigenvalue weighted by molar-refractivity contribution is 0.0941. The van der Waals surface area contributed by atoms with Gasteiger partial charge in [-0.15, -0.1) is 21.5 Å². The summed E-state index contributed by atoms with van der Waals surface area (Å²) in [5, 5.41) is 11.4. The summed E-state index contributed by atoms with van der Waals surface area (Å²) in [7, 11) is 1.83. The molecule has 0 aliphatic carbocycles. The van der Waals surface area contributed by atoms with E-state index >= 15 is 0 Å². The van der Waals surface area contributed by atoms with Crippen molar-refractivity contribution in [2.24, 2.45) is 7.05 Å². The van der Waals surface area contributed by atoms with Crippen LogP contribution in [0.15, 0.2) is 24.8 Å². The SMILES string of the molecule is Cc1nc(-c2ncccn2)sc1C(=O)N[C@@H](C)c1nncn1C. The summed E-state index contributed by atoms with van der Waals surface area (Å²) >= 11 is 1.27. The number of carbonyl (C=O) groups is 1. The molecule has 118 valence electrons. The zero-order valence-electron chi connectivity index (χ0n) is 12.9. The highest BCUT2D eigenvalue weighted by molar-refractivity contribution is 7.17. The van der Waals surface area contributed by atoms with Crippen molar-refractivity contribution in [2.75, 3.05) is 0 Å². The van der Waals surface area contributed by atoms with Crippen LogP contribution in [0, 0.1) is 6.92 Å². The number of hydrogen-bond acceptors (Lipinski definition) is 7. The number of thiazole rings is 1. The number of aryl methyl sites for hydroxylation is 2. The number of rotatable bonds is 4. The van der Waals surface area contributed by atoms with Gasteiger partial charge in [0.25, 0.3) is 5.91 Å². The summed E-state index contributed by atoms with van der Waals surface area (Å²) in [6.45, 7) is 3.66. The van der Waals surface area contributed by atoms with Crippen LogP contribution in [0.25, 0.3) is 10.8 Å². The lowest BCUT2D eigenvalue weighted by atomic mass is 10.3. The van der Waals surface area contributed by atoms with E-state index in [1.165, 1.54) is 11.3 Å². The fourth-order valence-electron chi connectivity index (χ4n) is 2.12. The highest BCUT2D eigenvalue weighted by Gasteiger charge is 2.21. The van der Waals surface area contributed by atoms with Crippen LogP contribution in [0.4, 0.5) is 0 Å². The molecule has 3 aromatic rings. The molecule has 1 N–H and O–H groups in total. The molecule has 0 spiro atoms. The Morgan fingerprint density at radius 1 is 1.35 bits per heavy atom. The number of aromatic nitrogens is 6. The Hall–Kier alpha value is -2.68. The smallest absolute Gasteiger partial charge is 0.263 e. The normalized spacial score (nSPS) is 12.1. The largest absolute Gasteiger partial charge is 0.342 e. The third-order valence-electron chi connectivity index (χ3n) is 3.24. The Morgan fingerprint density at radius 3 is 2.74 bits per heavy atom. The predicted molar refractivity (Wildman–Crippen MR) is 84.8 cm³/mol. The molecule has 0 aliphatic rings. The highest BCUT2D eigenvalue weighted by atomic mass is 32.1. The van der Waals surface area contributed by atoms with E-state index in [9.17, 15) is 4.79 Å².